The molecule has 1 rings (SSSR count). The van der Waals surface area contributed by atoms with Gasteiger partial charge < -0.3 is 26.4 Å². The zero-order valence-electron chi connectivity index (χ0n) is 23.0. The molecule has 7 nitrogen and oxygen atoms in total. The maximum absolute atomic E-state index is 11.9. The molecular weight excluding hydrogens is 466 g/mol. The fourth-order valence-electron chi connectivity index (χ4n) is 4.40. The van der Waals surface area contributed by atoms with Crippen molar-refractivity contribution in [2.75, 3.05) is 13.2 Å². The molecule has 0 aromatic heterocycles. The van der Waals surface area contributed by atoms with E-state index < -0.39 is 18.1 Å². The molecule has 0 spiro atoms. The molecule has 4 atom stereocenters. The van der Waals surface area contributed by atoms with Crippen molar-refractivity contribution in [1.29, 1.82) is 0 Å². The number of hydrogen-bond donors (Lipinski definition) is 5. The highest BCUT2D eigenvalue weighted by atomic mass is 16.4. The zero-order chi connectivity index (χ0) is 27.3. The van der Waals surface area contributed by atoms with Gasteiger partial charge in [-0.1, -0.05) is 82.4 Å². The summed E-state index contributed by atoms with van der Waals surface area (Å²) in [5.41, 5.74) is 6.90. The first-order chi connectivity index (χ1) is 17.9. The lowest BCUT2D eigenvalue weighted by atomic mass is 9.83. The molecule has 0 heterocycles. The largest absolute Gasteiger partial charge is 0.479 e. The van der Waals surface area contributed by atoms with Gasteiger partial charge in [-0.25, -0.2) is 9.79 Å². The van der Waals surface area contributed by atoms with Crippen LogP contribution in [0.25, 0.3) is 0 Å². The van der Waals surface area contributed by atoms with Crippen LogP contribution in [0, 0.1) is 11.8 Å². The van der Waals surface area contributed by atoms with Crippen LogP contribution in [0.2, 0.25) is 0 Å². The molecule has 0 aromatic carbocycles. The second kappa shape index (κ2) is 20.7. The van der Waals surface area contributed by atoms with E-state index in [0.29, 0.717) is 11.8 Å². The molecular formula is C30H51N3O4. The Hall–Kier alpha value is -2.38. The number of aliphatic carboxylic acids is 1. The zero-order valence-corrected chi connectivity index (χ0v) is 23.0. The molecule has 37 heavy (non-hydrogen) atoms. The minimum atomic E-state index is -1.03. The normalized spacial score (nSPS) is 20.5. The molecule has 0 bridgehead atoms. The van der Waals surface area contributed by atoms with E-state index in [9.17, 15) is 15.0 Å². The van der Waals surface area contributed by atoms with Gasteiger partial charge in [0, 0.05) is 6.61 Å². The molecule has 1 aliphatic carbocycles. The van der Waals surface area contributed by atoms with E-state index in [1.54, 1.807) is 18.2 Å². The number of aliphatic hydroxyl groups is 2. The first kappa shape index (κ1) is 32.6. The number of nitrogens with one attached hydrogen (secondary N) is 1. The summed E-state index contributed by atoms with van der Waals surface area (Å²) in [7, 11) is 0. The van der Waals surface area contributed by atoms with Crippen LogP contribution in [0.5, 0.6) is 0 Å². The number of carboxylic acids is 1. The molecule has 4 unspecified atom stereocenters. The molecule has 1 aliphatic rings. The lowest BCUT2D eigenvalue weighted by Gasteiger charge is -2.22. The SMILES string of the molecule is CCCCCCC(O)/C=C/CN=C(N)NC(C=C(/C=C/CC1C=CCCC1C)CCCCCO)C(=O)O. The van der Waals surface area contributed by atoms with Crippen LogP contribution >= 0.6 is 0 Å². The predicted molar refractivity (Wildman–Crippen MR) is 153 cm³/mol. The highest BCUT2D eigenvalue weighted by molar-refractivity contribution is 5.86. The fraction of sp³-hybridized carbons (Fsp3) is 0.667. The first-order valence-electron chi connectivity index (χ1n) is 14.2. The third-order valence-corrected chi connectivity index (χ3v) is 6.80. The Kier molecular flexibility index (Phi) is 18.2. The molecule has 6 N–H and O–H groups in total. The summed E-state index contributed by atoms with van der Waals surface area (Å²) >= 11 is 0. The number of allylic oxidation sites excluding steroid dienone is 5. The van der Waals surface area contributed by atoms with E-state index in [1.807, 2.05) is 6.08 Å². The molecule has 0 aliphatic heterocycles. The number of carbonyl (C=O) groups is 1. The van der Waals surface area contributed by atoms with E-state index >= 15 is 0 Å². The van der Waals surface area contributed by atoms with Gasteiger partial charge in [-0.05, 0) is 68.4 Å². The van der Waals surface area contributed by atoms with E-state index in [2.05, 4.69) is 42.4 Å². The molecule has 0 fully saturated rings. The molecule has 0 saturated heterocycles. The summed E-state index contributed by atoms with van der Waals surface area (Å²) in [6.45, 7) is 4.87. The van der Waals surface area contributed by atoms with Crippen LogP contribution in [0.3, 0.4) is 0 Å². The lowest BCUT2D eigenvalue weighted by molar-refractivity contribution is -0.137. The number of unbranched alkanes of at least 4 members (excludes halogenated alkanes) is 5. The van der Waals surface area contributed by atoms with E-state index in [4.69, 9.17) is 10.8 Å². The van der Waals surface area contributed by atoms with Crippen molar-refractivity contribution in [1.82, 2.24) is 5.32 Å². The van der Waals surface area contributed by atoms with E-state index in [-0.39, 0.29) is 19.1 Å². The molecule has 7 heteroatoms. The summed E-state index contributed by atoms with van der Waals surface area (Å²) in [6.07, 6.45) is 25.1. The lowest BCUT2D eigenvalue weighted by Crippen LogP contribution is -2.43. The van der Waals surface area contributed by atoms with Crippen molar-refractivity contribution < 1.29 is 20.1 Å². The Morgan fingerprint density at radius 1 is 1.19 bits per heavy atom. The van der Waals surface area contributed by atoms with Crippen molar-refractivity contribution in [3.63, 3.8) is 0 Å². The van der Waals surface area contributed by atoms with Gasteiger partial charge in [-0.2, -0.15) is 0 Å². The predicted octanol–water partition coefficient (Wildman–Crippen LogP) is 5.26. The maximum atomic E-state index is 11.9. The second-order valence-electron chi connectivity index (χ2n) is 10.1. The van der Waals surface area contributed by atoms with Gasteiger partial charge in [0.1, 0.15) is 6.04 Å². The van der Waals surface area contributed by atoms with Crippen molar-refractivity contribution >= 4 is 11.9 Å². The highest BCUT2D eigenvalue weighted by Crippen LogP contribution is 2.27. The van der Waals surface area contributed by atoms with Gasteiger partial charge >= 0.3 is 5.97 Å². The van der Waals surface area contributed by atoms with Gasteiger partial charge in [0.2, 0.25) is 0 Å². The Balaban J connectivity index is 2.74. The number of carboxylic acid groups (broad SMARTS) is 1. The minimum absolute atomic E-state index is 0.0514. The van der Waals surface area contributed by atoms with Gasteiger partial charge in [0.15, 0.2) is 5.96 Å². The summed E-state index contributed by atoms with van der Waals surface area (Å²) in [5, 5.41) is 31.7. The van der Waals surface area contributed by atoms with Crippen LogP contribution in [-0.4, -0.2) is 52.5 Å². The Labute approximate surface area is 224 Å². The van der Waals surface area contributed by atoms with Crippen LogP contribution in [-0.2, 0) is 4.79 Å². The van der Waals surface area contributed by atoms with Crippen molar-refractivity contribution in [3.8, 4) is 0 Å². The number of rotatable bonds is 19. The summed E-state index contributed by atoms with van der Waals surface area (Å²) in [6, 6.07) is -0.997. The average Bonchev–Trinajstić information content (AvgIpc) is 2.87. The number of hydrogen-bond acceptors (Lipinski definition) is 4. The topological polar surface area (TPSA) is 128 Å². The van der Waals surface area contributed by atoms with Gasteiger partial charge in [0.25, 0.3) is 0 Å². The van der Waals surface area contributed by atoms with Crippen LogP contribution in [0.1, 0.15) is 90.9 Å². The number of guanidine groups is 1. The second-order valence-corrected chi connectivity index (χ2v) is 10.1. The molecule has 0 radical (unpaired) electrons. The summed E-state index contributed by atoms with van der Waals surface area (Å²) < 4.78 is 0. The van der Waals surface area contributed by atoms with E-state index in [0.717, 1.165) is 69.8 Å². The number of nitrogens with zero attached hydrogens (tertiary/aromatic N) is 1. The summed E-state index contributed by atoms with van der Waals surface area (Å²) in [4.78, 5) is 16.1. The third kappa shape index (κ3) is 16.2. The smallest absolute Gasteiger partial charge is 0.330 e. The first-order valence-corrected chi connectivity index (χ1v) is 14.2. The molecule has 210 valence electrons. The fourth-order valence-corrected chi connectivity index (χ4v) is 4.40. The van der Waals surface area contributed by atoms with Crippen LogP contribution < -0.4 is 11.1 Å². The minimum Gasteiger partial charge on any atom is -0.479 e. The van der Waals surface area contributed by atoms with Crippen molar-refractivity contribution in [2.24, 2.45) is 22.6 Å². The monoisotopic (exact) mass is 517 g/mol. The van der Waals surface area contributed by atoms with Crippen LogP contribution in [0.4, 0.5) is 0 Å². The van der Waals surface area contributed by atoms with Crippen LogP contribution in [0.15, 0.2) is 53.1 Å². The molecule has 0 saturated carbocycles. The number of aliphatic hydroxyl groups excluding tert-OH is 2. The highest BCUT2D eigenvalue weighted by Gasteiger charge is 2.17. The number of nitrogens with two attached hydrogens (primary N) is 1. The van der Waals surface area contributed by atoms with Crippen molar-refractivity contribution in [2.45, 2.75) is 103 Å². The Morgan fingerprint density at radius 3 is 2.68 bits per heavy atom. The number of aliphatic imine (C=N–C) groups is 1. The summed E-state index contributed by atoms with van der Waals surface area (Å²) in [5.74, 6) is 0.184. The van der Waals surface area contributed by atoms with Gasteiger partial charge in [-0.15, -0.1) is 0 Å². The molecule has 0 amide bonds. The maximum Gasteiger partial charge on any atom is 0.330 e. The Morgan fingerprint density at radius 2 is 1.97 bits per heavy atom. The van der Waals surface area contributed by atoms with Gasteiger partial charge in [0.05, 0.1) is 12.6 Å². The van der Waals surface area contributed by atoms with Gasteiger partial charge in [-0.3, -0.25) is 0 Å². The standard InChI is InChI=1S/C30H51N3O4/c1-3-4-5-8-19-27(35)20-13-21-32-30(31)33-28(29(36)37)23-25(15-7-6-11-22-34)16-12-18-26-17-10-9-14-24(26)2/h10,12-13,16-17,20,23-24,26-28,34-35H,3-9,11,14-15,18-19,21-22H2,1-2H3,(H,36,37)(H3,31,32,33)/b16-12+,20-13+,25-23?. The quantitative estimate of drug-likeness (QED) is 0.0523. The molecule has 0 aromatic rings. The third-order valence-electron chi connectivity index (χ3n) is 6.80. The van der Waals surface area contributed by atoms with E-state index in [1.165, 1.54) is 12.8 Å². The van der Waals surface area contributed by atoms with Crippen molar-refractivity contribution in [3.05, 3.63) is 48.1 Å². The average molecular weight is 518 g/mol. The Bertz CT molecular complexity index is 773.